The highest BCUT2D eigenvalue weighted by Gasteiger charge is 2.27. The standard InChI is InChI=1S/C19H18F2N4O/c20-14-6-5-12(9-15(14)21)19(26)25-8-2-3-13(11-25)17-10-18(24-23-17)16-4-1-7-22-16/h1,4-7,9-10,13,22H,2-3,8,11H2,(H,23,24). The number of aromatic amines is 2. The summed E-state index contributed by atoms with van der Waals surface area (Å²) in [6.07, 6.45) is 3.62. The monoisotopic (exact) mass is 356 g/mol. The Balaban J connectivity index is 1.50. The summed E-state index contributed by atoms with van der Waals surface area (Å²) >= 11 is 0. The van der Waals surface area contributed by atoms with Crippen molar-refractivity contribution in [3.63, 3.8) is 0 Å². The Kier molecular flexibility index (Phi) is 4.28. The summed E-state index contributed by atoms with van der Waals surface area (Å²) in [6.45, 7) is 1.12. The molecule has 1 aliphatic rings. The molecule has 0 saturated carbocycles. The van der Waals surface area contributed by atoms with Crippen LogP contribution in [0.2, 0.25) is 0 Å². The highest BCUT2D eigenvalue weighted by atomic mass is 19.2. The van der Waals surface area contributed by atoms with Crippen molar-refractivity contribution in [2.75, 3.05) is 13.1 Å². The molecule has 4 rings (SSSR count). The molecule has 5 nitrogen and oxygen atoms in total. The number of hydrogen-bond donors (Lipinski definition) is 2. The van der Waals surface area contributed by atoms with Gasteiger partial charge in [-0.05, 0) is 49.2 Å². The van der Waals surface area contributed by atoms with Crippen molar-refractivity contribution in [2.45, 2.75) is 18.8 Å². The number of likely N-dealkylation sites (tertiary alicyclic amines) is 1. The quantitative estimate of drug-likeness (QED) is 0.751. The van der Waals surface area contributed by atoms with E-state index in [1.165, 1.54) is 6.07 Å². The Bertz CT molecular complexity index is 920. The molecule has 0 radical (unpaired) electrons. The predicted molar refractivity (Wildman–Crippen MR) is 92.6 cm³/mol. The minimum absolute atomic E-state index is 0.134. The van der Waals surface area contributed by atoms with Crippen LogP contribution in [0, 0.1) is 11.6 Å². The summed E-state index contributed by atoms with van der Waals surface area (Å²) in [5.41, 5.74) is 2.89. The number of piperidine rings is 1. The topological polar surface area (TPSA) is 64.8 Å². The van der Waals surface area contributed by atoms with Gasteiger partial charge in [0.2, 0.25) is 0 Å². The van der Waals surface area contributed by atoms with Crippen molar-refractivity contribution in [2.24, 2.45) is 0 Å². The number of halogens is 2. The molecule has 0 aliphatic carbocycles. The molecule has 3 heterocycles. The lowest BCUT2D eigenvalue weighted by atomic mass is 9.94. The zero-order valence-electron chi connectivity index (χ0n) is 14.0. The fraction of sp³-hybridized carbons (Fsp3) is 0.263. The highest BCUT2D eigenvalue weighted by Crippen LogP contribution is 2.29. The molecule has 1 unspecified atom stereocenters. The van der Waals surface area contributed by atoms with Crippen molar-refractivity contribution in [1.29, 1.82) is 0 Å². The molecule has 1 amide bonds. The first-order chi connectivity index (χ1) is 12.6. The van der Waals surface area contributed by atoms with Crippen LogP contribution >= 0.6 is 0 Å². The Labute approximate surface area is 149 Å². The minimum Gasteiger partial charge on any atom is -0.360 e. The summed E-state index contributed by atoms with van der Waals surface area (Å²) < 4.78 is 26.5. The van der Waals surface area contributed by atoms with Gasteiger partial charge < -0.3 is 9.88 Å². The number of nitrogens with zero attached hydrogens (tertiary/aromatic N) is 2. The zero-order valence-corrected chi connectivity index (χ0v) is 14.0. The van der Waals surface area contributed by atoms with Gasteiger partial charge in [-0.3, -0.25) is 9.89 Å². The number of hydrogen-bond acceptors (Lipinski definition) is 2. The van der Waals surface area contributed by atoms with E-state index in [4.69, 9.17) is 0 Å². The Morgan fingerprint density at radius 1 is 1.19 bits per heavy atom. The summed E-state index contributed by atoms with van der Waals surface area (Å²) in [4.78, 5) is 17.4. The lowest BCUT2D eigenvalue weighted by Crippen LogP contribution is -2.39. The van der Waals surface area contributed by atoms with Crippen molar-refractivity contribution in [1.82, 2.24) is 20.1 Å². The summed E-state index contributed by atoms with van der Waals surface area (Å²) in [5, 5.41) is 7.39. The summed E-state index contributed by atoms with van der Waals surface area (Å²) in [7, 11) is 0. The number of carbonyl (C=O) groups is 1. The van der Waals surface area contributed by atoms with Crippen molar-refractivity contribution in [3.05, 3.63) is 65.5 Å². The van der Waals surface area contributed by atoms with Crippen LogP contribution in [0.3, 0.4) is 0 Å². The summed E-state index contributed by atoms with van der Waals surface area (Å²) in [5.74, 6) is -2.10. The van der Waals surface area contributed by atoms with Crippen LogP contribution in [0.4, 0.5) is 8.78 Å². The number of H-pyrrole nitrogens is 2. The van der Waals surface area contributed by atoms with Crippen LogP contribution in [0.15, 0.2) is 42.6 Å². The number of aromatic nitrogens is 3. The van der Waals surface area contributed by atoms with Gasteiger partial charge in [0.25, 0.3) is 5.91 Å². The fourth-order valence-corrected chi connectivity index (χ4v) is 3.40. The van der Waals surface area contributed by atoms with Gasteiger partial charge in [-0.25, -0.2) is 8.78 Å². The van der Waals surface area contributed by atoms with Crippen LogP contribution < -0.4 is 0 Å². The maximum Gasteiger partial charge on any atom is 0.253 e. The molecule has 134 valence electrons. The summed E-state index contributed by atoms with van der Waals surface area (Å²) in [6, 6.07) is 9.11. The number of carbonyl (C=O) groups excluding carboxylic acids is 1. The molecular formula is C19H18F2N4O. The second-order valence-corrected chi connectivity index (χ2v) is 6.51. The first-order valence-corrected chi connectivity index (χ1v) is 8.55. The van der Waals surface area contributed by atoms with E-state index >= 15 is 0 Å². The molecule has 2 aromatic heterocycles. The predicted octanol–water partition coefficient (Wildman–Crippen LogP) is 3.70. The first kappa shape index (κ1) is 16.5. The van der Waals surface area contributed by atoms with Crippen LogP contribution in [0.5, 0.6) is 0 Å². The Morgan fingerprint density at radius 3 is 2.85 bits per heavy atom. The van der Waals surface area contributed by atoms with E-state index in [2.05, 4.69) is 15.2 Å². The van der Waals surface area contributed by atoms with E-state index in [0.717, 1.165) is 42.1 Å². The maximum absolute atomic E-state index is 13.4. The Morgan fingerprint density at radius 2 is 2.08 bits per heavy atom. The molecule has 1 fully saturated rings. The molecule has 0 spiro atoms. The van der Waals surface area contributed by atoms with Crippen LogP contribution in [-0.4, -0.2) is 39.1 Å². The Hall–Kier alpha value is -2.96. The molecule has 1 saturated heterocycles. The molecule has 1 aliphatic heterocycles. The van der Waals surface area contributed by atoms with Gasteiger partial charge in [0.05, 0.1) is 5.69 Å². The second kappa shape index (κ2) is 6.74. The van der Waals surface area contributed by atoms with Gasteiger partial charge in [0.1, 0.15) is 5.69 Å². The fourth-order valence-electron chi connectivity index (χ4n) is 3.40. The highest BCUT2D eigenvalue weighted by molar-refractivity contribution is 5.94. The molecule has 1 atom stereocenters. The maximum atomic E-state index is 13.4. The average molecular weight is 356 g/mol. The molecule has 3 aromatic rings. The van der Waals surface area contributed by atoms with Crippen LogP contribution in [-0.2, 0) is 0 Å². The SMILES string of the molecule is O=C(c1ccc(F)c(F)c1)N1CCCC(c2cc(-c3ccc[nH]3)n[nH]2)C1. The van der Waals surface area contributed by atoms with Crippen molar-refractivity contribution < 1.29 is 13.6 Å². The van der Waals surface area contributed by atoms with E-state index in [1.807, 2.05) is 24.4 Å². The van der Waals surface area contributed by atoms with Gasteiger partial charge in [0, 0.05) is 36.5 Å². The van der Waals surface area contributed by atoms with Gasteiger partial charge in [-0.2, -0.15) is 5.10 Å². The largest absolute Gasteiger partial charge is 0.360 e. The molecule has 2 N–H and O–H groups in total. The number of benzene rings is 1. The molecule has 26 heavy (non-hydrogen) atoms. The van der Waals surface area contributed by atoms with Gasteiger partial charge in [-0.1, -0.05) is 0 Å². The van der Waals surface area contributed by atoms with Crippen LogP contribution in [0.25, 0.3) is 11.4 Å². The lowest BCUT2D eigenvalue weighted by Gasteiger charge is -2.32. The number of amides is 1. The number of rotatable bonds is 3. The second-order valence-electron chi connectivity index (χ2n) is 6.51. The van der Waals surface area contributed by atoms with Crippen LogP contribution in [0.1, 0.15) is 34.8 Å². The smallest absolute Gasteiger partial charge is 0.253 e. The minimum atomic E-state index is -1.01. The van der Waals surface area contributed by atoms with Crippen molar-refractivity contribution >= 4 is 5.91 Å². The molecule has 0 bridgehead atoms. The third-order valence-electron chi connectivity index (χ3n) is 4.79. The van der Waals surface area contributed by atoms with E-state index in [0.29, 0.717) is 13.1 Å². The number of nitrogens with one attached hydrogen (secondary N) is 2. The first-order valence-electron chi connectivity index (χ1n) is 8.55. The van der Waals surface area contributed by atoms with E-state index in [-0.39, 0.29) is 17.4 Å². The van der Waals surface area contributed by atoms with Gasteiger partial charge in [0.15, 0.2) is 11.6 Å². The normalized spacial score (nSPS) is 17.5. The molecule has 7 heteroatoms. The lowest BCUT2D eigenvalue weighted by molar-refractivity contribution is 0.0705. The van der Waals surface area contributed by atoms with E-state index < -0.39 is 11.6 Å². The van der Waals surface area contributed by atoms with E-state index in [9.17, 15) is 13.6 Å². The molecule has 1 aromatic carbocycles. The van der Waals surface area contributed by atoms with Gasteiger partial charge >= 0.3 is 0 Å². The zero-order chi connectivity index (χ0) is 18.1. The molecular weight excluding hydrogens is 338 g/mol. The van der Waals surface area contributed by atoms with E-state index in [1.54, 1.807) is 4.90 Å². The average Bonchev–Trinajstić information content (AvgIpc) is 3.35. The third-order valence-corrected chi connectivity index (χ3v) is 4.79. The van der Waals surface area contributed by atoms with Gasteiger partial charge in [-0.15, -0.1) is 0 Å². The third kappa shape index (κ3) is 3.12. The van der Waals surface area contributed by atoms with Crippen molar-refractivity contribution in [3.8, 4) is 11.4 Å².